The lowest BCUT2D eigenvalue weighted by atomic mass is 10.2. The van der Waals surface area contributed by atoms with Crippen LogP contribution in [0.4, 0.5) is 23.2 Å². The standard InChI is InChI=1S/C10H8F4N2O4S/c1-21(20,15-9(17)10(12,13)14)5-6-2-7(11)4-8(3-6)16(18)19/h2-5H,1H3,(H,15,17,20). The van der Waals surface area contributed by atoms with E-state index in [-0.39, 0.29) is 5.56 Å². The lowest BCUT2D eigenvalue weighted by Gasteiger charge is -2.10. The second-order valence-corrected chi connectivity index (χ2v) is 6.20. The summed E-state index contributed by atoms with van der Waals surface area (Å²) >= 11 is 0. The van der Waals surface area contributed by atoms with Gasteiger partial charge in [0, 0.05) is 17.7 Å². The number of amides is 1. The van der Waals surface area contributed by atoms with Gasteiger partial charge in [-0.25, -0.2) is 8.60 Å². The molecule has 1 N–H and O–H groups in total. The highest BCUT2D eigenvalue weighted by molar-refractivity contribution is 7.99. The minimum absolute atomic E-state index is 0.295. The van der Waals surface area contributed by atoms with E-state index in [0.717, 1.165) is 18.4 Å². The number of carbonyl (C=O) groups is 1. The Kier molecular flexibility index (Phi) is 4.56. The minimum atomic E-state index is -5.24. The van der Waals surface area contributed by atoms with Crippen molar-refractivity contribution in [1.82, 2.24) is 4.72 Å². The Morgan fingerprint density at radius 1 is 1.38 bits per heavy atom. The molecule has 1 aromatic carbocycles. The Morgan fingerprint density at radius 2 is 1.95 bits per heavy atom. The third-order valence-corrected chi connectivity index (χ3v) is 3.34. The predicted octanol–water partition coefficient (Wildman–Crippen LogP) is 1.39. The van der Waals surface area contributed by atoms with E-state index < -0.39 is 38.2 Å². The van der Waals surface area contributed by atoms with Crippen molar-refractivity contribution in [3.63, 3.8) is 0 Å². The second-order valence-electron chi connectivity index (χ2n) is 3.95. The van der Waals surface area contributed by atoms with Crippen LogP contribution in [0.1, 0.15) is 5.56 Å². The van der Waals surface area contributed by atoms with Crippen molar-refractivity contribution in [2.75, 3.05) is 6.26 Å². The van der Waals surface area contributed by atoms with Crippen molar-refractivity contribution in [1.29, 1.82) is 0 Å². The highest BCUT2D eigenvalue weighted by Gasteiger charge is 2.39. The molecule has 0 saturated heterocycles. The Hall–Kier alpha value is -2.17. The number of carbonyl (C=O) groups excluding carboxylic acids is 1. The van der Waals surface area contributed by atoms with E-state index in [9.17, 15) is 36.7 Å². The van der Waals surface area contributed by atoms with Gasteiger partial charge in [0.2, 0.25) is 0 Å². The van der Waals surface area contributed by atoms with Crippen molar-refractivity contribution < 1.29 is 31.5 Å². The largest absolute Gasteiger partial charge is 0.472 e. The van der Waals surface area contributed by atoms with Gasteiger partial charge >= 0.3 is 12.1 Å². The minimum Gasteiger partial charge on any atom is -0.275 e. The van der Waals surface area contributed by atoms with Gasteiger partial charge in [0.1, 0.15) is 5.82 Å². The molecule has 0 aliphatic heterocycles. The van der Waals surface area contributed by atoms with Crippen molar-refractivity contribution in [3.8, 4) is 0 Å². The van der Waals surface area contributed by atoms with Crippen LogP contribution in [0, 0.1) is 15.9 Å². The van der Waals surface area contributed by atoms with Crippen LogP contribution in [0.2, 0.25) is 0 Å². The highest BCUT2D eigenvalue weighted by atomic mass is 32.2. The highest BCUT2D eigenvalue weighted by Crippen LogP contribution is 2.16. The van der Waals surface area contributed by atoms with Crippen LogP contribution in [-0.4, -0.2) is 32.8 Å². The van der Waals surface area contributed by atoms with Crippen molar-refractivity contribution >= 4 is 26.7 Å². The number of hydrogen-bond donors (Lipinski definition) is 1. The summed E-state index contributed by atoms with van der Waals surface area (Å²) in [5, 5.41) is 11.1. The Bertz CT molecular complexity index is 707. The normalized spacial score (nSPS) is 14.1. The van der Waals surface area contributed by atoms with Gasteiger partial charge in [-0.1, -0.05) is 0 Å². The van der Waals surface area contributed by atoms with Crippen LogP contribution < -0.4 is 4.72 Å². The molecule has 1 amide bonds. The SMILES string of the molecule is CS(=O)(=Cc1cc(F)cc([N+](=O)[O-])c1)NC(=O)C(F)(F)F. The maximum absolute atomic E-state index is 13.1. The average molecular weight is 328 g/mol. The van der Waals surface area contributed by atoms with Gasteiger partial charge < -0.3 is 0 Å². The molecule has 0 saturated carbocycles. The predicted molar refractivity (Wildman–Crippen MR) is 66.5 cm³/mol. The van der Waals surface area contributed by atoms with Gasteiger partial charge in [-0.05, 0) is 11.6 Å². The molecule has 1 rings (SSSR count). The first-order chi connectivity index (χ1) is 9.40. The first kappa shape index (κ1) is 16.9. The molecular weight excluding hydrogens is 320 g/mol. The van der Waals surface area contributed by atoms with Gasteiger partial charge in [-0.2, -0.15) is 13.2 Å². The third kappa shape index (κ3) is 5.02. The molecule has 0 fully saturated rings. The summed E-state index contributed by atoms with van der Waals surface area (Å²) in [7, 11) is -3.66. The number of nitro groups is 1. The Balaban J connectivity index is 3.20. The zero-order valence-electron chi connectivity index (χ0n) is 10.3. The van der Waals surface area contributed by atoms with Crippen LogP contribution in [0.15, 0.2) is 18.2 Å². The maximum Gasteiger partial charge on any atom is 0.472 e. The number of non-ortho nitro benzene ring substituents is 1. The van der Waals surface area contributed by atoms with Gasteiger partial charge in [-0.3, -0.25) is 19.6 Å². The number of nitrogens with zero attached hydrogens (tertiary/aromatic N) is 1. The third-order valence-electron chi connectivity index (χ3n) is 2.03. The van der Waals surface area contributed by atoms with Crippen LogP contribution in [-0.2, 0) is 14.5 Å². The summed E-state index contributed by atoms with van der Waals surface area (Å²) in [6, 6.07) is 2.13. The van der Waals surface area contributed by atoms with E-state index >= 15 is 0 Å². The van der Waals surface area contributed by atoms with Gasteiger partial charge in [0.25, 0.3) is 5.69 Å². The van der Waals surface area contributed by atoms with E-state index in [4.69, 9.17) is 0 Å². The monoisotopic (exact) mass is 328 g/mol. The fourth-order valence-electron chi connectivity index (χ4n) is 1.30. The molecule has 11 heteroatoms. The summed E-state index contributed by atoms with van der Waals surface area (Å²) < 4.78 is 62.3. The van der Waals surface area contributed by atoms with E-state index in [1.165, 1.54) is 4.72 Å². The molecule has 0 aliphatic rings. The number of nitro benzene ring substituents is 1. The van der Waals surface area contributed by atoms with E-state index in [2.05, 4.69) is 0 Å². The number of nitrogens with one attached hydrogen (secondary N) is 1. The summed E-state index contributed by atoms with van der Waals surface area (Å²) in [5.41, 5.74) is -0.963. The second kappa shape index (κ2) is 5.68. The van der Waals surface area contributed by atoms with Crippen molar-refractivity contribution in [2.24, 2.45) is 0 Å². The molecule has 1 unspecified atom stereocenters. The lowest BCUT2D eigenvalue weighted by molar-refractivity contribution is -0.385. The molecule has 0 bridgehead atoms. The molecule has 0 heterocycles. The lowest BCUT2D eigenvalue weighted by Crippen LogP contribution is -2.40. The summed E-state index contributed by atoms with van der Waals surface area (Å²) in [6.45, 7) is 0. The summed E-state index contributed by atoms with van der Waals surface area (Å²) in [4.78, 5) is 20.3. The number of rotatable bonds is 3. The van der Waals surface area contributed by atoms with Crippen molar-refractivity contribution in [2.45, 2.75) is 6.18 Å². The van der Waals surface area contributed by atoms with Gasteiger partial charge in [-0.15, -0.1) is 0 Å². The van der Waals surface area contributed by atoms with Crippen molar-refractivity contribution in [3.05, 3.63) is 39.7 Å². The quantitative estimate of drug-likeness (QED) is 0.393. The maximum atomic E-state index is 13.1. The zero-order valence-corrected chi connectivity index (χ0v) is 11.1. The summed E-state index contributed by atoms with van der Waals surface area (Å²) in [5.74, 6) is -3.47. The van der Waals surface area contributed by atoms with Crippen LogP contribution in [0.5, 0.6) is 0 Å². The molecule has 6 nitrogen and oxygen atoms in total. The molecule has 116 valence electrons. The molecule has 21 heavy (non-hydrogen) atoms. The average Bonchev–Trinajstić information content (AvgIpc) is 2.24. The Morgan fingerprint density at radius 3 is 2.43 bits per heavy atom. The molecular formula is C10H8F4N2O4S. The van der Waals surface area contributed by atoms with Gasteiger partial charge in [0.15, 0.2) is 0 Å². The number of hydrogen-bond acceptors (Lipinski definition) is 4. The molecule has 0 aromatic heterocycles. The fraction of sp³-hybridized carbons (Fsp3) is 0.200. The van der Waals surface area contributed by atoms with Crippen LogP contribution in [0.25, 0.3) is 0 Å². The van der Waals surface area contributed by atoms with Gasteiger partial charge in [0.05, 0.1) is 20.7 Å². The van der Waals surface area contributed by atoms with Crippen LogP contribution in [0.3, 0.4) is 0 Å². The van der Waals surface area contributed by atoms with E-state index in [1.807, 2.05) is 0 Å². The first-order valence-electron chi connectivity index (χ1n) is 5.08. The number of benzene rings is 1. The smallest absolute Gasteiger partial charge is 0.275 e. The van der Waals surface area contributed by atoms with E-state index in [0.29, 0.717) is 11.4 Å². The topological polar surface area (TPSA) is 89.3 Å². The first-order valence-corrected chi connectivity index (χ1v) is 7.11. The molecule has 0 radical (unpaired) electrons. The summed E-state index contributed by atoms with van der Waals surface area (Å²) in [6.07, 6.45) is -4.46. The molecule has 1 atom stereocenters. The molecule has 0 aliphatic carbocycles. The number of halogens is 4. The zero-order chi connectivity index (χ0) is 16.4. The molecule has 1 aromatic rings. The Labute approximate surface area is 116 Å². The number of alkyl halides is 3. The fourth-order valence-corrected chi connectivity index (χ4v) is 2.50. The molecule has 0 spiro atoms. The van der Waals surface area contributed by atoms with E-state index in [1.54, 1.807) is 0 Å². The van der Waals surface area contributed by atoms with Crippen LogP contribution >= 0.6 is 0 Å².